The van der Waals surface area contributed by atoms with Crippen LogP contribution < -0.4 is 10.1 Å². The van der Waals surface area contributed by atoms with Crippen molar-refractivity contribution in [2.24, 2.45) is 5.92 Å². The minimum absolute atomic E-state index is 0.634. The van der Waals surface area contributed by atoms with Gasteiger partial charge in [0, 0.05) is 11.0 Å². The first-order valence-corrected chi connectivity index (χ1v) is 6.97. The van der Waals surface area contributed by atoms with Crippen LogP contribution in [0.5, 0.6) is 5.75 Å². The summed E-state index contributed by atoms with van der Waals surface area (Å²) in [6, 6.07) is 3.86. The molecule has 0 aliphatic carbocycles. The van der Waals surface area contributed by atoms with E-state index in [4.69, 9.17) is 16.3 Å². The summed E-state index contributed by atoms with van der Waals surface area (Å²) >= 11 is 9.53. The van der Waals surface area contributed by atoms with E-state index in [1.54, 1.807) is 0 Å². The molecule has 0 saturated carbocycles. The van der Waals surface area contributed by atoms with Crippen molar-refractivity contribution in [1.82, 2.24) is 5.32 Å². The number of aryl methyl sites for hydroxylation is 1. The van der Waals surface area contributed by atoms with Gasteiger partial charge < -0.3 is 10.1 Å². The average Bonchev–Trinajstić information content (AvgIpc) is 2.20. The maximum atomic E-state index is 6.12. The molecule has 0 saturated heterocycles. The van der Waals surface area contributed by atoms with E-state index < -0.39 is 0 Å². The lowest BCUT2D eigenvalue weighted by molar-refractivity contribution is 0.309. The van der Waals surface area contributed by atoms with E-state index in [2.05, 4.69) is 35.1 Å². The standard InChI is InChI=1S/C13H19BrClNO/c1-9(2)8-16-4-5-17-13-10(3)6-11(14)7-12(13)15/h6-7,9,16H,4-5,8H2,1-3H3. The maximum Gasteiger partial charge on any atom is 0.140 e. The van der Waals surface area contributed by atoms with Crippen molar-refractivity contribution >= 4 is 27.5 Å². The lowest BCUT2D eigenvalue weighted by Crippen LogP contribution is -2.25. The van der Waals surface area contributed by atoms with Gasteiger partial charge in [-0.3, -0.25) is 0 Å². The van der Waals surface area contributed by atoms with Crippen molar-refractivity contribution in [2.45, 2.75) is 20.8 Å². The van der Waals surface area contributed by atoms with Gasteiger partial charge in [0.2, 0.25) is 0 Å². The highest BCUT2D eigenvalue weighted by atomic mass is 79.9. The lowest BCUT2D eigenvalue weighted by atomic mass is 10.2. The Morgan fingerprint density at radius 1 is 1.41 bits per heavy atom. The zero-order valence-corrected chi connectivity index (χ0v) is 12.9. The number of hydrogen-bond acceptors (Lipinski definition) is 2. The van der Waals surface area contributed by atoms with E-state index in [0.717, 1.165) is 28.9 Å². The van der Waals surface area contributed by atoms with Gasteiger partial charge in [0.05, 0.1) is 5.02 Å². The van der Waals surface area contributed by atoms with Gasteiger partial charge in [-0.25, -0.2) is 0 Å². The molecule has 0 amide bonds. The van der Waals surface area contributed by atoms with Crippen molar-refractivity contribution in [3.8, 4) is 5.75 Å². The smallest absolute Gasteiger partial charge is 0.140 e. The van der Waals surface area contributed by atoms with Crippen LogP contribution in [-0.4, -0.2) is 19.7 Å². The van der Waals surface area contributed by atoms with Crippen molar-refractivity contribution in [1.29, 1.82) is 0 Å². The summed E-state index contributed by atoms with van der Waals surface area (Å²) in [4.78, 5) is 0. The van der Waals surface area contributed by atoms with Crippen LogP contribution in [0.1, 0.15) is 19.4 Å². The second-order valence-electron chi connectivity index (χ2n) is 4.48. The molecule has 0 fully saturated rings. The van der Waals surface area contributed by atoms with E-state index in [1.807, 2.05) is 19.1 Å². The zero-order valence-electron chi connectivity index (χ0n) is 10.5. The van der Waals surface area contributed by atoms with Gasteiger partial charge in [0.1, 0.15) is 12.4 Å². The Kier molecular flexibility index (Phi) is 6.31. The van der Waals surface area contributed by atoms with Crippen molar-refractivity contribution in [3.63, 3.8) is 0 Å². The highest BCUT2D eigenvalue weighted by Crippen LogP contribution is 2.31. The molecule has 1 N–H and O–H groups in total. The van der Waals surface area contributed by atoms with Crippen molar-refractivity contribution in [3.05, 3.63) is 27.2 Å². The van der Waals surface area contributed by atoms with E-state index in [0.29, 0.717) is 17.5 Å². The van der Waals surface area contributed by atoms with Crippen molar-refractivity contribution < 1.29 is 4.74 Å². The van der Waals surface area contributed by atoms with Crippen LogP contribution in [0, 0.1) is 12.8 Å². The van der Waals surface area contributed by atoms with Crippen LogP contribution in [0.25, 0.3) is 0 Å². The van der Waals surface area contributed by atoms with Crippen LogP contribution in [0.15, 0.2) is 16.6 Å². The van der Waals surface area contributed by atoms with Crippen molar-refractivity contribution in [2.75, 3.05) is 19.7 Å². The third kappa shape index (κ3) is 5.28. The van der Waals surface area contributed by atoms with Gasteiger partial charge in [-0.1, -0.05) is 41.4 Å². The minimum atomic E-state index is 0.634. The number of rotatable bonds is 6. The van der Waals surface area contributed by atoms with Gasteiger partial charge in [-0.2, -0.15) is 0 Å². The van der Waals surface area contributed by atoms with Gasteiger partial charge in [0.25, 0.3) is 0 Å². The SMILES string of the molecule is Cc1cc(Br)cc(Cl)c1OCCNCC(C)C. The van der Waals surface area contributed by atoms with Gasteiger partial charge in [-0.15, -0.1) is 0 Å². The summed E-state index contributed by atoms with van der Waals surface area (Å²) in [5.74, 6) is 1.44. The van der Waals surface area contributed by atoms with Gasteiger partial charge >= 0.3 is 0 Å². The summed E-state index contributed by atoms with van der Waals surface area (Å²) in [5.41, 5.74) is 1.05. The summed E-state index contributed by atoms with van der Waals surface area (Å²) in [6.07, 6.45) is 0. The average molecular weight is 321 g/mol. The molecule has 0 aliphatic heterocycles. The predicted octanol–water partition coefficient (Wildman–Crippen LogP) is 4.04. The number of hydrogen-bond donors (Lipinski definition) is 1. The van der Waals surface area contributed by atoms with E-state index in [9.17, 15) is 0 Å². The second kappa shape index (κ2) is 7.24. The normalized spacial score (nSPS) is 10.9. The summed E-state index contributed by atoms with van der Waals surface area (Å²) in [6.45, 7) is 8.84. The largest absolute Gasteiger partial charge is 0.490 e. The Morgan fingerprint density at radius 3 is 2.71 bits per heavy atom. The fourth-order valence-corrected chi connectivity index (χ4v) is 2.51. The number of ether oxygens (including phenoxy) is 1. The van der Waals surface area contributed by atoms with Crippen LogP contribution in [-0.2, 0) is 0 Å². The van der Waals surface area contributed by atoms with Gasteiger partial charge in [-0.05, 0) is 37.1 Å². The summed E-state index contributed by atoms with van der Waals surface area (Å²) in [7, 11) is 0. The zero-order chi connectivity index (χ0) is 12.8. The predicted molar refractivity (Wildman–Crippen MR) is 77.1 cm³/mol. The molecule has 2 nitrogen and oxygen atoms in total. The Labute approximate surface area is 117 Å². The van der Waals surface area contributed by atoms with Crippen LogP contribution in [0.2, 0.25) is 5.02 Å². The molecular formula is C13H19BrClNO. The molecule has 1 rings (SSSR count). The number of halogens is 2. The second-order valence-corrected chi connectivity index (χ2v) is 5.80. The first kappa shape index (κ1) is 14.8. The molecule has 0 aliphatic rings. The molecule has 17 heavy (non-hydrogen) atoms. The third-order valence-corrected chi connectivity index (χ3v) is 3.01. The molecule has 0 heterocycles. The highest BCUT2D eigenvalue weighted by molar-refractivity contribution is 9.10. The molecule has 96 valence electrons. The van der Waals surface area contributed by atoms with Crippen LogP contribution in [0.3, 0.4) is 0 Å². The molecule has 0 spiro atoms. The highest BCUT2D eigenvalue weighted by Gasteiger charge is 2.06. The fraction of sp³-hybridized carbons (Fsp3) is 0.538. The quantitative estimate of drug-likeness (QED) is 0.799. The third-order valence-electron chi connectivity index (χ3n) is 2.27. The van der Waals surface area contributed by atoms with Gasteiger partial charge in [0.15, 0.2) is 0 Å². The lowest BCUT2D eigenvalue weighted by Gasteiger charge is -2.12. The van der Waals surface area contributed by atoms with E-state index in [-0.39, 0.29) is 0 Å². The summed E-state index contributed by atoms with van der Waals surface area (Å²) < 4.78 is 6.67. The number of benzene rings is 1. The Balaban J connectivity index is 2.42. The fourth-order valence-electron chi connectivity index (χ4n) is 1.49. The Bertz CT molecular complexity index is 345. The molecule has 1 aromatic rings. The summed E-state index contributed by atoms with van der Waals surface area (Å²) in [5, 5.41) is 3.98. The van der Waals surface area contributed by atoms with Crippen LogP contribution >= 0.6 is 27.5 Å². The van der Waals surface area contributed by atoms with E-state index in [1.165, 1.54) is 0 Å². The molecule has 1 aromatic carbocycles. The van der Waals surface area contributed by atoms with Crippen LogP contribution in [0.4, 0.5) is 0 Å². The molecule has 0 atom stereocenters. The van der Waals surface area contributed by atoms with E-state index >= 15 is 0 Å². The monoisotopic (exact) mass is 319 g/mol. The Hall–Kier alpha value is -0.250. The molecule has 4 heteroatoms. The first-order valence-electron chi connectivity index (χ1n) is 5.80. The maximum absolute atomic E-state index is 6.12. The molecule has 0 unspecified atom stereocenters. The molecule has 0 radical (unpaired) electrons. The molecule has 0 aromatic heterocycles. The molecular weight excluding hydrogens is 302 g/mol. The minimum Gasteiger partial charge on any atom is -0.490 e. The molecule has 0 bridgehead atoms. The topological polar surface area (TPSA) is 21.3 Å². The number of nitrogens with one attached hydrogen (secondary N) is 1. The first-order chi connectivity index (χ1) is 8.00. The Morgan fingerprint density at radius 2 is 2.12 bits per heavy atom.